The third-order valence-corrected chi connectivity index (χ3v) is 5.81. The molecule has 0 aromatic heterocycles. The van der Waals surface area contributed by atoms with E-state index in [0.29, 0.717) is 5.69 Å². The number of nitrogens with zero attached hydrogens (tertiary/aromatic N) is 1. The molecule has 2 aromatic carbocycles. The first kappa shape index (κ1) is 19.0. The third-order valence-electron chi connectivity index (χ3n) is 4.08. The summed E-state index contributed by atoms with van der Waals surface area (Å²) in [4.78, 5) is 0.263. The zero-order chi connectivity index (χ0) is 18.3. The Hall–Kier alpha value is -2.33. The lowest BCUT2D eigenvalue weighted by Crippen LogP contribution is -2.26. The van der Waals surface area contributed by atoms with E-state index >= 15 is 0 Å². The van der Waals surface area contributed by atoms with Crippen LogP contribution >= 0.6 is 0 Å². The minimum absolute atomic E-state index is 0.263. The molecule has 0 spiro atoms. The predicted octanol–water partition coefficient (Wildman–Crippen LogP) is 5.23. The number of anilines is 1. The summed E-state index contributed by atoms with van der Waals surface area (Å²) in [6, 6.07) is 14.5. The second kappa shape index (κ2) is 8.67. The Bertz CT molecular complexity index is 823. The largest absolute Gasteiger partial charge is 0.268 e. The van der Waals surface area contributed by atoms with Gasteiger partial charge in [-0.2, -0.15) is 0 Å². The van der Waals surface area contributed by atoms with Crippen molar-refractivity contribution in [2.24, 2.45) is 0 Å². The van der Waals surface area contributed by atoms with Gasteiger partial charge >= 0.3 is 0 Å². The first-order chi connectivity index (χ1) is 12.0. The number of para-hydroxylation sites is 1. The summed E-state index contributed by atoms with van der Waals surface area (Å²) in [5.74, 6) is 0. The van der Waals surface area contributed by atoms with Crippen molar-refractivity contribution in [3.8, 4) is 0 Å². The monoisotopic (exact) mass is 355 g/mol. The first-order valence-corrected chi connectivity index (χ1v) is 9.87. The third kappa shape index (κ3) is 4.60. The van der Waals surface area contributed by atoms with Crippen molar-refractivity contribution in [3.05, 3.63) is 85.1 Å². The van der Waals surface area contributed by atoms with Crippen molar-refractivity contribution in [2.45, 2.75) is 37.5 Å². The molecule has 0 atom stereocenters. The minimum atomic E-state index is -3.68. The SMILES string of the molecule is C=CCCCCc1ccccc1N(C=C)S(=O)(=O)c1ccc(C)cc1. The second-order valence-electron chi connectivity index (χ2n) is 5.96. The van der Waals surface area contributed by atoms with E-state index in [1.165, 1.54) is 10.5 Å². The Morgan fingerprint density at radius 1 is 1.00 bits per heavy atom. The van der Waals surface area contributed by atoms with Crippen molar-refractivity contribution in [1.82, 2.24) is 0 Å². The summed E-state index contributed by atoms with van der Waals surface area (Å²) in [5.41, 5.74) is 2.69. The number of rotatable bonds is 9. The fourth-order valence-corrected chi connectivity index (χ4v) is 4.03. The molecule has 0 aliphatic rings. The molecule has 0 aliphatic carbocycles. The van der Waals surface area contributed by atoms with Crippen molar-refractivity contribution in [2.75, 3.05) is 4.31 Å². The maximum atomic E-state index is 13.0. The topological polar surface area (TPSA) is 37.4 Å². The van der Waals surface area contributed by atoms with E-state index < -0.39 is 10.0 Å². The molecule has 0 saturated heterocycles. The first-order valence-electron chi connectivity index (χ1n) is 8.43. The number of allylic oxidation sites excluding steroid dienone is 1. The van der Waals surface area contributed by atoms with Gasteiger partial charge in [0.05, 0.1) is 10.6 Å². The minimum Gasteiger partial charge on any atom is -0.242 e. The maximum Gasteiger partial charge on any atom is 0.268 e. The quantitative estimate of drug-likeness (QED) is 0.456. The summed E-state index contributed by atoms with van der Waals surface area (Å²) in [5, 5.41) is 0. The van der Waals surface area contributed by atoms with Crippen LogP contribution < -0.4 is 4.31 Å². The van der Waals surface area contributed by atoms with Crippen molar-refractivity contribution >= 4 is 15.7 Å². The average Bonchev–Trinajstić information content (AvgIpc) is 2.61. The molecule has 25 heavy (non-hydrogen) atoms. The van der Waals surface area contributed by atoms with E-state index in [1.54, 1.807) is 24.3 Å². The molecule has 0 radical (unpaired) electrons. The lowest BCUT2D eigenvalue weighted by atomic mass is 10.1. The van der Waals surface area contributed by atoms with Crippen LogP contribution in [-0.4, -0.2) is 8.42 Å². The molecule has 2 rings (SSSR count). The van der Waals surface area contributed by atoms with Gasteiger partial charge in [-0.1, -0.05) is 48.6 Å². The van der Waals surface area contributed by atoms with Gasteiger partial charge in [0.1, 0.15) is 0 Å². The predicted molar refractivity (Wildman–Crippen MR) is 105 cm³/mol. The lowest BCUT2D eigenvalue weighted by molar-refractivity contribution is 0.595. The van der Waals surface area contributed by atoms with Crippen LogP contribution in [0.4, 0.5) is 5.69 Å². The number of hydrogen-bond acceptors (Lipinski definition) is 2. The Morgan fingerprint density at radius 3 is 2.32 bits per heavy atom. The number of aryl methyl sites for hydroxylation is 2. The Morgan fingerprint density at radius 2 is 1.68 bits per heavy atom. The van der Waals surface area contributed by atoms with Gasteiger partial charge < -0.3 is 0 Å². The van der Waals surface area contributed by atoms with Crippen LogP contribution in [-0.2, 0) is 16.4 Å². The summed E-state index contributed by atoms with van der Waals surface area (Å²) in [6.45, 7) is 9.40. The highest BCUT2D eigenvalue weighted by atomic mass is 32.2. The van der Waals surface area contributed by atoms with Crippen molar-refractivity contribution in [3.63, 3.8) is 0 Å². The highest BCUT2D eigenvalue weighted by Crippen LogP contribution is 2.28. The number of sulfonamides is 1. The highest BCUT2D eigenvalue weighted by molar-refractivity contribution is 7.93. The number of unbranched alkanes of at least 4 members (excludes halogenated alkanes) is 2. The van der Waals surface area contributed by atoms with Crippen LogP contribution in [0.5, 0.6) is 0 Å². The van der Waals surface area contributed by atoms with Gasteiger partial charge in [0.15, 0.2) is 0 Å². The Kier molecular flexibility index (Phi) is 6.59. The molecule has 4 heteroatoms. The summed E-state index contributed by atoms with van der Waals surface area (Å²) in [6.07, 6.45) is 7.09. The van der Waals surface area contributed by atoms with Gasteiger partial charge in [0.2, 0.25) is 0 Å². The van der Waals surface area contributed by atoms with Crippen molar-refractivity contribution < 1.29 is 8.42 Å². The standard InChI is InChI=1S/C21H25NO2S/c1-4-6-7-8-11-19-12-9-10-13-21(19)22(5-2)25(23,24)20-16-14-18(3)15-17-20/h4-5,9-10,12-17H,1-2,6-8,11H2,3H3. The van der Waals surface area contributed by atoms with E-state index in [9.17, 15) is 8.42 Å². The van der Waals surface area contributed by atoms with E-state index in [1.807, 2.05) is 37.3 Å². The molecule has 0 amide bonds. The van der Waals surface area contributed by atoms with Crippen molar-refractivity contribution in [1.29, 1.82) is 0 Å². The normalized spacial score (nSPS) is 11.1. The molecule has 0 unspecified atom stereocenters. The Balaban J connectivity index is 2.35. The Labute approximate surface area is 151 Å². The van der Waals surface area contributed by atoms with Crippen LogP contribution in [0, 0.1) is 6.92 Å². The summed E-state index contributed by atoms with van der Waals surface area (Å²) < 4.78 is 27.4. The molecule has 0 saturated carbocycles. The van der Waals surface area contributed by atoms with Gasteiger partial charge in [0, 0.05) is 6.20 Å². The highest BCUT2D eigenvalue weighted by Gasteiger charge is 2.24. The number of hydrogen-bond donors (Lipinski definition) is 0. The average molecular weight is 356 g/mol. The molecule has 2 aromatic rings. The van der Waals surface area contributed by atoms with Gasteiger partial charge in [-0.15, -0.1) is 6.58 Å². The zero-order valence-corrected chi connectivity index (χ0v) is 15.5. The van der Waals surface area contributed by atoms with Crippen LogP contribution in [0.2, 0.25) is 0 Å². The molecule has 0 N–H and O–H groups in total. The lowest BCUT2D eigenvalue weighted by Gasteiger charge is -2.23. The molecule has 3 nitrogen and oxygen atoms in total. The maximum absolute atomic E-state index is 13.0. The zero-order valence-electron chi connectivity index (χ0n) is 14.7. The molecule has 0 fully saturated rings. The van der Waals surface area contributed by atoms with Crippen LogP contribution in [0.3, 0.4) is 0 Å². The van der Waals surface area contributed by atoms with Crippen LogP contribution in [0.15, 0.2) is 78.9 Å². The molecular formula is C21H25NO2S. The summed E-state index contributed by atoms with van der Waals surface area (Å²) in [7, 11) is -3.68. The van der Waals surface area contributed by atoms with E-state index in [4.69, 9.17) is 0 Å². The molecule has 0 aliphatic heterocycles. The molecule has 0 heterocycles. The smallest absolute Gasteiger partial charge is 0.242 e. The van der Waals surface area contributed by atoms with E-state index in [2.05, 4.69) is 13.2 Å². The number of benzene rings is 2. The van der Waals surface area contributed by atoms with Crippen LogP contribution in [0.25, 0.3) is 0 Å². The fraction of sp³-hybridized carbons (Fsp3) is 0.238. The molecule has 0 bridgehead atoms. The van der Waals surface area contributed by atoms with Gasteiger partial charge in [-0.25, -0.2) is 12.7 Å². The van der Waals surface area contributed by atoms with Gasteiger partial charge in [-0.05, 0) is 56.4 Å². The van der Waals surface area contributed by atoms with Gasteiger partial charge in [-0.3, -0.25) is 0 Å². The second-order valence-corrected chi connectivity index (χ2v) is 7.77. The van der Waals surface area contributed by atoms with E-state index in [-0.39, 0.29) is 4.90 Å². The fourth-order valence-electron chi connectivity index (χ4n) is 2.69. The van der Waals surface area contributed by atoms with E-state index in [0.717, 1.165) is 36.8 Å². The van der Waals surface area contributed by atoms with Gasteiger partial charge in [0.25, 0.3) is 10.0 Å². The van der Waals surface area contributed by atoms with Crippen LogP contribution in [0.1, 0.15) is 30.4 Å². The molecular weight excluding hydrogens is 330 g/mol. The molecule has 132 valence electrons. The summed E-state index contributed by atoms with van der Waals surface area (Å²) >= 11 is 0.